The first-order valence-electron chi connectivity index (χ1n) is 5.92. The summed E-state index contributed by atoms with van der Waals surface area (Å²) in [6.07, 6.45) is 0.278. The summed E-state index contributed by atoms with van der Waals surface area (Å²) in [5.41, 5.74) is 5.89. The number of rotatable bonds is 7. The van der Waals surface area contributed by atoms with E-state index in [4.69, 9.17) is 10.5 Å². The summed E-state index contributed by atoms with van der Waals surface area (Å²) in [5, 5.41) is 0. The Balaban J connectivity index is 2.59. The fourth-order valence-corrected chi connectivity index (χ4v) is 3.90. The van der Waals surface area contributed by atoms with Gasteiger partial charge in [-0.25, -0.2) is 0 Å². The Labute approximate surface area is 130 Å². The van der Waals surface area contributed by atoms with Gasteiger partial charge in [-0.05, 0) is 58.8 Å². The van der Waals surface area contributed by atoms with Crippen molar-refractivity contribution in [3.63, 3.8) is 0 Å². The largest absolute Gasteiger partial charge is 0.377 e. The van der Waals surface area contributed by atoms with Crippen molar-refractivity contribution in [2.45, 2.75) is 26.0 Å². The average Bonchev–Trinajstić information content (AvgIpc) is 2.59. The van der Waals surface area contributed by atoms with Crippen molar-refractivity contribution >= 4 is 43.2 Å². The van der Waals surface area contributed by atoms with Crippen LogP contribution in [0, 0.1) is 0 Å². The lowest BCUT2D eigenvalue weighted by atomic mass is 10.2. The SMILES string of the molecule is CC(C)OCCN(C)C(CN)c1cc(Br)c(Br)s1. The van der Waals surface area contributed by atoms with Gasteiger partial charge in [-0.1, -0.05) is 0 Å². The Morgan fingerprint density at radius 1 is 1.44 bits per heavy atom. The van der Waals surface area contributed by atoms with Gasteiger partial charge in [-0.2, -0.15) is 0 Å². The lowest BCUT2D eigenvalue weighted by molar-refractivity contribution is 0.0567. The lowest BCUT2D eigenvalue weighted by Gasteiger charge is -2.26. The average molecular weight is 400 g/mol. The molecule has 0 fully saturated rings. The molecule has 0 saturated heterocycles. The Morgan fingerprint density at radius 2 is 2.11 bits per heavy atom. The van der Waals surface area contributed by atoms with Crippen molar-refractivity contribution in [2.24, 2.45) is 5.73 Å². The van der Waals surface area contributed by atoms with Crippen LogP contribution in [0.4, 0.5) is 0 Å². The van der Waals surface area contributed by atoms with Gasteiger partial charge in [-0.15, -0.1) is 11.3 Å². The second-order valence-electron chi connectivity index (χ2n) is 4.42. The number of ether oxygens (including phenoxy) is 1. The molecule has 6 heteroatoms. The predicted octanol–water partition coefficient (Wildman–Crippen LogP) is 3.63. The van der Waals surface area contributed by atoms with Gasteiger partial charge in [0.15, 0.2) is 0 Å². The standard InChI is InChI=1S/C12H20Br2N2OS/c1-8(2)17-5-4-16(3)10(7-15)11-6-9(13)12(14)18-11/h6,8,10H,4-5,7,15H2,1-3H3. The van der Waals surface area contributed by atoms with Crippen molar-refractivity contribution < 1.29 is 4.74 Å². The van der Waals surface area contributed by atoms with E-state index in [0.717, 1.165) is 21.4 Å². The number of hydrogen-bond acceptors (Lipinski definition) is 4. The molecule has 0 aliphatic heterocycles. The summed E-state index contributed by atoms with van der Waals surface area (Å²) >= 11 is 8.76. The molecule has 104 valence electrons. The summed E-state index contributed by atoms with van der Waals surface area (Å²) in [4.78, 5) is 3.51. The molecular formula is C12H20Br2N2OS. The normalized spacial score (nSPS) is 13.6. The van der Waals surface area contributed by atoms with Crippen LogP contribution in [0.2, 0.25) is 0 Å². The van der Waals surface area contributed by atoms with Gasteiger partial charge in [0.2, 0.25) is 0 Å². The van der Waals surface area contributed by atoms with Crippen LogP contribution in [0.15, 0.2) is 14.3 Å². The fourth-order valence-electron chi connectivity index (χ4n) is 1.63. The van der Waals surface area contributed by atoms with Gasteiger partial charge in [-0.3, -0.25) is 4.90 Å². The van der Waals surface area contributed by atoms with Gasteiger partial charge in [0.1, 0.15) is 0 Å². The number of likely N-dealkylation sites (N-methyl/N-ethyl adjacent to an activating group) is 1. The summed E-state index contributed by atoms with van der Waals surface area (Å²) < 4.78 is 7.78. The number of nitrogens with two attached hydrogens (primary N) is 1. The molecule has 1 heterocycles. The highest BCUT2D eigenvalue weighted by Crippen LogP contribution is 2.36. The van der Waals surface area contributed by atoms with Gasteiger partial charge in [0.25, 0.3) is 0 Å². The van der Waals surface area contributed by atoms with Crippen LogP contribution < -0.4 is 5.73 Å². The highest BCUT2D eigenvalue weighted by Gasteiger charge is 2.18. The first kappa shape index (κ1) is 16.6. The van der Waals surface area contributed by atoms with Crippen LogP contribution in [-0.2, 0) is 4.74 Å². The van der Waals surface area contributed by atoms with Crippen molar-refractivity contribution in [1.82, 2.24) is 4.90 Å². The van der Waals surface area contributed by atoms with Crippen molar-refractivity contribution in [2.75, 3.05) is 26.7 Å². The topological polar surface area (TPSA) is 38.5 Å². The second kappa shape index (κ2) is 7.97. The van der Waals surface area contributed by atoms with E-state index in [-0.39, 0.29) is 12.1 Å². The van der Waals surface area contributed by atoms with E-state index in [0.29, 0.717) is 6.54 Å². The minimum Gasteiger partial charge on any atom is -0.377 e. The van der Waals surface area contributed by atoms with Crippen LogP contribution in [0.3, 0.4) is 0 Å². The van der Waals surface area contributed by atoms with Crippen LogP contribution in [0.5, 0.6) is 0 Å². The van der Waals surface area contributed by atoms with E-state index in [1.165, 1.54) is 4.88 Å². The van der Waals surface area contributed by atoms with Crippen LogP contribution >= 0.6 is 43.2 Å². The van der Waals surface area contributed by atoms with Crippen LogP contribution in [-0.4, -0.2) is 37.7 Å². The first-order chi connectivity index (χ1) is 8.45. The minimum absolute atomic E-state index is 0.244. The summed E-state index contributed by atoms with van der Waals surface area (Å²) in [6, 6.07) is 2.37. The molecule has 1 rings (SSSR count). The Bertz CT molecular complexity index is 351. The summed E-state index contributed by atoms with van der Waals surface area (Å²) in [7, 11) is 2.09. The quantitative estimate of drug-likeness (QED) is 0.760. The van der Waals surface area contributed by atoms with Crippen molar-refractivity contribution in [1.29, 1.82) is 0 Å². The third-order valence-corrected chi connectivity index (χ3v) is 6.00. The monoisotopic (exact) mass is 398 g/mol. The van der Waals surface area contributed by atoms with E-state index < -0.39 is 0 Å². The lowest BCUT2D eigenvalue weighted by Crippen LogP contribution is -2.33. The molecule has 0 aliphatic rings. The number of nitrogens with zero attached hydrogens (tertiary/aromatic N) is 1. The van der Waals surface area contributed by atoms with Gasteiger partial charge < -0.3 is 10.5 Å². The maximum absolute atomic E-state index is 5.89. The maximum atomic E-state index is 5.89. The molecule has 3 nitrogen and oxygen atoms in total. The minimum atomic E-state index is 0.244. The highest BCUT2D eigenvalue weighted by atomic mass is 79.9. The fraction of sp³-hybridized carbons (Fsp3) is 0.667. The molecule has 0 saturated carbocycles. The van der Waals surface area contributed by atoms with Gasteiger partial charge in [0.05, 0.1) is 22.5 Å². The van der Waals surface area contributed by atoms with E-state index >= 15 is 0 Å². The predicted molar refractivity (Wildman–Crippen MR) is 85.2 cm³/mol. The zero-order valence-corrected chi connectivity index (χ0v) is 14.9. The number of thiophene rings is 1. The molecule has 0 amide bonds. The zero-order chi connectivity index (χ0) is 13.7. The van der Waals surface area contributed by atoms with Gasteiger partial charge >= 0.3 is 0 Å². The molecule has 0 spiro atoms. The van der Waals surface area contributed by atoms with E-state index in [1.807, 2.05) is 13.8 Å². The molecule has 1 unspecified atom stereocenters. The first-order valence-corrected chi connectivity index (χ1v) is 8.32. The maximum Gasteiger partial charge on any atom is 0.0843 e. The highest BCUT2D eigenvalue weighted by molar-refractivity contribution is 9.13. The Kier molecular flexibility index (Phi) is 7.35. The van der Waals surface area contributed by atoms with Crippen LogP contribution in [0.25, 0.3) is 0 Å². The molecule has 1 aromatic heterocycles. The third-order valence-electron chi connectivity index (χ3n) is 2.64. The molecule has 18 heavy (non-hydrogen) atoms. The Hall–Kier alpha value is 0.540. The molecule has 0 bridgehead atoms. The van der Waals surface area contributed by atoms with E-state index in [2.05, 4.69) is 49.9 Å². The zero-order valence-electron chi connectivity index (χ0n) is 11.0. The Morgan fingerprint density at radius 3 is 2.56 bits per heavy atom. The molecular weight excluding hydrogens is 380 g/mol. The molecule has 1 aromatic rings. The summed E-state index contributed by atoms with van der Waals surface area (Å²) in [6.45, 7) is 6.32. The smallest absolute Gasteiger partial charge is 0.0843 e. The number of hydrogen-bond donors (Lipinski definition) is 1. The van der Waals surface area contributed by atoms with Crippen molar-refractivity contribution in [3.8, 4) is 0 Å². The molecule has 0 aromatic carbocycles. The molecule has 0 aliphatic carbocycles. The molecule has 1 atom stereocenters. The second-order valence-corrected chi connectivity index (χ2v) is 7.68. The molecule has 0 radical (unpaired) electrons. The number of halogens is 2. The van der Waals surface area contributed by atoms with E-state index in [9.17, 15) is 0 Å². The van der Waals surface area contributed by atoms with E-state index in [1.54, 1.807) is 11.3 Å². The van der Waals surface area contributed by atoms with Crippen LogP contribution in [0.1, 0.15) is 24.8 Å². The third kappa shape index (κ3) is 4.90. The molecule has 2 N–H and O–H groups in total. The van der Waals surface area contributed by atoms with Gasteiger partial charge in [0, 0.05) is 22.4 Å². The van der Waals surface area contributed by atoms with Crippen molar-refractivity contribution in [3.05, 3.63) is 19.2 Å². The summed E-state index contributed by atoms with van der Waals surface area (Å²) in [5.74, 6) is 0.